The van der Waals surface area contributed by atoms with Crippen LogP contribution in [0.5, 0.6) is 0 Å². The highest BCUT2D eigenvalue weighted by molar-refractivity contribution is 5.69. The summed E-state index contributed by atoms with van der Waals surface area (Å²) in [5, 5.41) is 9.50. The zero-order valence-corrected chi connectivity index (χ0v) is 19.0. The number of nitriles is 1. The van der Waals surface area contributed by atoms with Crippen LogP contribution in [-0.4, -0.2) is 60.5 Å². The molecule has 2 aliphatic heterocycles. The van der Waals surface area contributed by atoms with Gasteiger partial charge in [0.15, 0.2) is 0 Å². The van der Waals surface area contributed by atoms with Gasteiger partial charge >= 0.3 is 6.09 Å². The Kier molecular flexibility index (Phi) is 6.11. The number of rotatable bonds is 5. The molecule has 168 valence electrons. The molecule has 31 heavy (non-hydrogen) atoms. The summed E-state index contributed by atoms with van der Waals surface area (Å²) in [4.78, 5) is 21.9. The third-order valence-corrected chi connectivity index (χ3v) is 6.66. The summed E-state index contributed by atoms with van der Waals surface area (Å²) in [5.74, 6) is 0.593. The monoisotopic (exact) mass is 426 g/mol. The Morgan fingerprint density at radius 3 is 2.61 bits per heavy atom. The predicted molar refractivity (Wildman–Crippen MR) is 118 cm³/mol. The van der Waals surface area contributed by atoms with Crippen LogP contribution in [0.15, 0.2) is 18.3 Å². The van der Waals surface area contributed by atoms with E-state index in [2.05, 4.69) is 16.0 Å². The van der Waals surface area contributed by atoms with Crippen molar-refractivity contribution in [3.05, 3.63) is 24.0 Å². The van der Waals surface area contributed by atoms with Crippen molar-refractivity contribution in [2.24, 2.45) is 5.92 Å². The standard InChI is InChI=1S/C24H34N4O3/c1-23(2,3)31-22(29)28(13-18-6-4-7-18)20-8-5-11-27(14-20)19-9-10-21(26-12-19)24(15-25)16-30-17-24/h9-10,12,18,20H,4-8,11,13-14,16-17H2,1-3H3/t20-/m1/s1. The molecule has 0 N–H and O–H groups in total. The topological polar surface area (TPSA) is 78.7 Å². The second-order valence-electron chi connectivity index (χ2n) is 10.3. The van der Waals surface area contributed by atoms with Crippen LogP contribution in [0, 0.1) is 17.2 Å². The van der Waals surface area contributed by atoms with Crippen molar-refractivity contribution in [1.82, 2.24) is 9.88 Å². The molecule has 0 unspecified atom stereocenters. The molecule has 4 rings (SSSR count). The number of aromatic nitrogens is 1. The number of amides is 1. The number of hydrogen-bond donors (Lipinski definition) is 0. The lowest BCUT2D eigenvalue weighted by atomic mass is 9.84. The molecular weight excluding hydrogens is 392 g/mol. The van der Waals surface area contributed by atoms with Gasteiger partial charge in [0, 0.05) is 19.6 Å². The molecule has 3 heterocycles. The van der Waals surface area contributed by atoms with Gasteiger partial charge in [-0.2, -0.15) is 5.26 Å². The van der Waals surface area contributed by atoms with E-state index in [4.69, 9.17) is 9.47 Å². The third-order valence-electron chi connectivity index (χ3n) is 6.66. The number of carbonyl (C=O) groups is 1. The van der Waals surface area contributed by atoms with Gasteiger partial charge in [-0.15, -0.1) is 0 Å². The van der Waals surface area contributed by atoms with Crippen molar-refractivity contribution in [2.45, 2.75) is 69.9 Å². The van der Waals surface area contributed by atoms with Crippen molar-refractivity contribution in [3.8, 4) is 6.07 Å². The number of hydrogen-bond acceptors (Lipinski definition) is 6. The minimum absolute atomic E-state index is 0.134. The quantitative estimate of drug-likeness (QED) is 0.711. The van der Waals surface area contributed by atoms with E-state index in [1.54, 1.807) is 0 Å². The molecule has 1 aromatic rings. The molecule has 0 aromatic carbocycles. The summed E-state index contributed by atoms with van der Waals surface area (Å²) in [6.07, 6.45) is 7.34. The number of carbonyl (C=O) groups excluding carboxylic acids is 1. The first-order chi connectivity index (χ1) is 14.8. The fourth-order valence-corrected chi connectivity index (χ4v) is 4.52. The summed E-state index contributed by atoms with van der Waals surface area (Å²) >= 11 is 0. The maximum Gasteiger partial charge on any atom is 0.410 e. The van der Waals surface area contributed by atoms with E-state index in [0.29, 0.717) is 19.1 Å². The Morgan fingerprint density at radius 2 is 2.10 bits per heavy atom. The van der Waals surface area contributed by atoms with E-state index < -0.39 is 11.0 Å². The number of ether oxygens (including phenoxy) is 2. The van der Waals surface area contributed by atoms with Gasteiger partial charge in [0.1, 0.15) is 11.0 Å². The van der Waals surface area contributed by atoms with E-state index in [1.165, 1.54) is 19.3 Å². The first-order valence-corrected chi connectivity index (χ1v) is 11.5. The van der Waals surface area contributed by atoms with Crippen molar-refractivity contribution < 1.29 is 14.3 Å². The van der Waals surface area contributed by atoms with Gasteiger partial charge < -0.3 is 19.3 Å². The summed E-state index contributed by atoms with van der Waals surface area (Å²) in [5.41, 5.74) is 0.720. The average molecular weight is 427 g/mol. The summed E-state index contributed by atoms with van der Waals surface area (Å²) in [6.45, 7) is 9.10. The summed E-state index contributed by atoms with van der Waals surface area (Å²) in [7, 11) is 0. The number of piperidine rings is 1. The van der Waals surface area contributed by atoms with Crippen LogP contribution in [0.4, 0.5) is 10.5 Å². The molecule has 1 aromatic heterocycles. The second-order valence-corrected chi connectivity index (χ2v) is 10.3. The molecule has 2 saturated heterocycles. The van der Waals surface area contributed by atoms with E-state index in [-0.39, 0.29) is 12.1 Å². The van der Waals surface area contributed by atoms with Crippen molar-refractivity contribution >= 4 is 11.8 Å². The minimum Gasteiger partial charge on any atom is -0.444 e. The minimum atomic E-state index is -0.598. The van der Waals surface area contributed by atoms with Crippen molar-refractivity contribution in [2.75, 3.05) is 37.7 Å². The third kappa shape index (κ3) is 4.79. The Balaban J connectivity index is 1.46. The highest BCUT2D eigenvalue weighted by atomic mass is 16.6. The molecule has 1 amide bonds. The van der Waals surface area contributed by atoms with Crippen LogP contribution in [0.3, 0.4) is 0 Å². The number of nitrogens with zero attached hydrogens (tertiary/aromatic N) is 4. The van der Waals surface area contributed by atoms with Crippen LogP contribution in [0.25, 0.3) is 0 Å². The molecule has 1 atom stereocenters. The van der Waals surface area contributed by atoms with Crippen LogP contribution in [0.1, 0.15) is 58.6 Å². The van der Waals surface area contributed by atoms with Crippen LogP contribution >= 0.6 is 0 Å². The summed E-state index contributed by atoms with van der Waals surface area (Å²) in [6, 6.07) is 6.48. The van der Waals surface area contributed by atoms with Gasteiger partial charge in [-0.05, 0) is 64.5 Å². The van der Waals surface area contributed by atoms with Gasteiger partial charge in [-0.3, -0.25) is 4.98 Å². The van der Waals surface area contributed by atoms with Gasteiger partial charge in [0.05, 0.1) is 42.9 Å². The van der Waals surface area contributed by atoms with Gasteiger partial charge in [-0.25, -0.2) is 4.79 Å². The van der Waals surface area contributed by atoms with Crippen LogP contribution < -0.4 is 4.90 Å². The fraction of sp³-hybridized carbons (Fsp3) is 0.708. The lowest BCUT2D eigenvalue weighted by molar-refractivity contribution is -0.0317. The fourth-order valence-electron chi connectivity index (χ4n) is 4.52. The molecule has 3 fully saturated rings. The maximum absolute atomic E-state index is 13.0. The van der Waals surface area contributed by atoms with Gasteiger partial charge in [0.2, 0.25) is 0 Å². The van der Waals surface area contributed by atoms with E-state index >= 15 is 0 Å². The van der Waals surface area contributed by atoms with E-state index in [9.17, 15) is 10.1 Å². The van der Waals surface area contributed by atoms with Crippen molar-refractivity contribution in [3.63, 3.8) is 0 Å². The molecule has 3 aliphatic rings. The Morgan fingerprint density at radius 1 is 1.32 bits per heavy atom. The predicted octanol–water partition coefficient (Wildman–Crippen LogP) is 3.88. The smallest absolute Gasteiger partial charge is 0.410 e. The maximum atomic E-state index is 13.0. The van der Waals surface area contributed by atoms with Crippen LogP contribution in [-0.2, 0) is 14.9 Å². The van der Waals surface area contributed by atoms with Crippen molar-refractivity contribution in [1.29, 1.82) is 5.26 Å². The Hall–Kier alpha value is -2.33. The molecule has 1 saturated carbocycles. The largest absolute Gasteiger partial charge is 0.444 e. The highest BCUT2D eigenvalue weighted by Crippen LogP contribution is 2.33. The molecule has 7 nitrogen and oxygen atoms in total. The lowest BCUT2D eigenvalue weighted by Gasteiger charge is -2.43. The number of anilines is 1. The lowest BCUT2D eigenvalue weighted by Crippen LogP contribution is -2.53. The molecule has 0 spiro atoms. The normalized spacial score (nSPS) is 23.3. The van der Waals surface area contributed by atoms with E-state index in [0.717, 1.165) is 43.9 Å². The Labute approximate surface area is 185 Å². The van der Waals surface area contributed by atoms with Gasteiger partial charge in [0.25, 0.3) is 0 Å². The second kappa shape index (κ2) is 8.66. The molecule has 1 aliphatic carbocycles. The summed E-state index contributed by atoms with van der Waals surface area (Å²) < 4.78 is 11.0. The number of pyridine rings is 1. The highest BCUT2D eigenvalue weighted by Gasteiger charge is 2.42. The first-order valence-electron chi connectivity index (χ1n) is 11.5. The van der Waals surface area contributed by atoms with E-state index in [1.807, 2.05) is 44.0 Å². The van der Waals surface area contributed by atoms with Crippen LogP contribution in [0.2, 0.25) is 0 Å². The molecule has 0 bridgehead atoms. The zero-order chi connectivity index (χ0) is 22.1. The Bertz CT molecular complexity index is 819. The molecular formula is C24H34N4O3. The average Bonchev–Trinajstić information content (AvgIpc) is 2.66. The zero-order valence-electron chi connectivity index (χ0n) is 19.0. The van der Waals surface area contributed by atoms with Gasteiger partial charge in [-0.1, -0.05) is 6.42 Å². The first kappa shape index (κ1) is 21.9. The molecule has 0 radical (unpaired) electrons. The molecule has 7 heteroatoms. The SMILES string of the molecule is CC(C)(C)OC(=O)N(CC1CCC1)[C@@H]1CCCN(c2ccc(C3(C#N)COC3)nc2)C1.